The average molecular weight is 479 g/mol. The number of benzene rings is 3. The van der Waals surface area contributed by atoms with Gasteiger partial charge in [0, 0.05) is 12.2 Å². The molecule has 0 spiro atoms. The molecule has 4 amide bonds. The Hall–Kier alpha value is -4.47. The van der Waals surface area contributed by atoms with Crippen LogP contribution in [0.25, 0.3) is 0 Å². The summed E-state index contributed by atoms with van der Waals surface area (Å²) in [7, 11) is 0. The van der Waals surface area contributed by atoms with Crippen LogP contribution in [0.1, 0.15) is 12.0 Å². The third kappa shape index (κ3) is 4.50. The van der Waals surface area contributed by atoms with Gasteiger partial charge in [0.25, 0.3) is 5.91 Å². The van der Waals surface area contributed by atoms with E-state index in [1.54, 1.807) is 18.2 Å². The fourth-order valence-electron chi connectivity index (χ4n) is 4.01. The number of anilines is 2. The van der Waals surface area contributed by atoms with Crippen LogP contribution in [-0.4, -0.2) is 35.6 Å². The molecule has 2 heterocycles. The monoisotopic (exact) mass is 479 g/mol. The van der Waals surface area contributed by atoms with Crippen LogP contribution in [0, 0.1) is 11.6 Å². The molecule has 2 aliphatic rings. The van der Waals surface area contributed by atoms with Gasteiger partial charge in [0.05, 0.1) is 12.1 Å². The highest BCUT2D eigenvalue weighted by Crippen LogP contribution is 2.34. The number of ether oxygens (including phenoxy) is 2. The normalized spacial score (nSPS) is 16.5. The Labute approximate surface area is 198 Å². The van der Waals surface area contributed by atoms with E-state index in [-0.39, 0.29) is 25.4 Å². The van der Waals surface area contributed by atoms with Gasteiger partial charge in [0.1, 0.15) is 17.7 Å². The Kier molecular flexibility index (Phi) is 5.77. The van der Waals surface area contributed by atoms with Crippen molar-refractivity contribution in [2.45, 2.75) is 19.0 Å². The van der Waals surface area contributed by atoms with Crippen molar-refractivity contribution in [3.05, 3.63) is 83.9 Å². The van der Waals surface area contributed by atoms with Crippen LogP contribution in [0.5, 0.6) is 11.5 Å². The van der Waals surface area contributed by atoms with Crippen LogP contribution >= 0.6 is 0 Å². The van der Waals surface area contributed by atoms with Gasteiger partial charge in [-0.1, -0.05) is 6.07 Å². The van der Waals surface area contributed by atoms with Gasteiger partial charge >= 0.3 is 6.03 Å². The summed E-state index contributed by atoms with van der Waals surface area (Å²) in [5, 5.41) is 2.65. The molecule has 3 aromatic rings. The molecule has 0 aromatic heterocycles. The van der Waals surface area contributed by atoms with Crippen molar-refractivity contribution in [1.82, 2.24) is 4.90 Å². The standard InChI is InChI=1S/C25H19F2N3O5/c26-16-2-6-18(7-3-16)28-25(33)29(13-15-1-10-21-22(11-15)35-14-34-21)20-12-23(31)30(24(20)32)19-8-4-17(27)5-9-19/h1-11,20H,12-14H2,(H,28,33). The maximum Gasteiger partial charge on any atom is 0.322 e. The van der Waals surface area contributed by atoms with E-state index in [1.807, 2.05) is 0 Å². The first-order valence-corrected chi connectivity index (χ1v) is 10.7. The number of hydrogen-bond donors (Lipinski definition) is 1. The number of amides is 4. The molecular weight excluding hydrogens is 460 g/mol. The Balaban J connectivity index is 1.44. The van der Waals surface area contributed by atoms with Gasteiger partial charge in [-0.25, -0.2) is 18.5 Å². The molecule has 0 bridgehead atoms. The number of carbonyl (C=O) groups excluding carboxylic acids is 3. The molecule has 10 heteroatoms. The van der Waals surface area contributed by atoms with E-state index in [0.717, 1.165) is 17.0 Å². The van der Waals surface area contributed by atoms with Crippen LogP contribution in [0.2, 0.25) is 0 Å². The first kappa shape index (κ1) is 22.3. The van der Waals surface area contributed by atoms with Crippen molar-refractivity contribution in [2.24, 2.45) is 0 Å². The van der Waals surface area contributed by atoms with E-state index in [1.165, 1.54) is 41.3 Å². The van der Waals surface area contributed by atoms with Gasteiger partial charge in [-0.2, -0.15) is 0 Å². The molecule has 35 heavy (non-hydrogen) atoms. The SMILES string of the molecule is O=C1CC(N(Cc2ccc3c(c2)OCO3)C(=O)Nc2ccc(F)cc2)C(=O)N1c1ccc(F)cc1. The molecule has 1 saturated heterocycles. The molecule has 2 aliphatic heterocycles. The van der Waals surface area contributed by atoms with Crippen LogP contribution in [0.3, 0.4) is 0 Å². The van der Waals surface area contributed by atoms with Gasteiger partial charge in [-0.15, -0.1) is 0 Å². The third-order valence-electron chi connectivity index (χ3n) is 5.73. The lowest BCUT2D eigenvalue weighted by molar-refractivity contribution is -0.122. The van der Waals surface area contributed by atoms with Crippen LogP contribution < -0.4 is 19.7 Å². The van der Waals surface area contributed by atoms with Crippen molar-refractivity contribution in [3.8, 4) is 11.5 Å². The Morgan fingerprint density at radius 3 is 2.31 bits per heavy atom. The van der Waals surface area contributed by atoms with Gasteiger partial charge in [-0.05, 0) is 66.2 Å². The topological polar surface area (TPSA) is 88.2 Å². The number of rotatable bonds is 5. The molecule has 0 aliphatic carbocycles. The minimum Gasteiger partial charge on any atom is -0.454 e. The summed E-state index contributed by atoms with van der Waals surface area (Å²) < 4.78 is 37.4. The summed E-state index contributed by atoms with van der Waals surface area (Å²) in [6, 6.07) is 13.5. The molecule has 0 saturated carbocycles. The fourth-order valence-corrected chi connectivity index (χ4v) is 4.01. The van der Waals surface area contributed by atoms with Crippen LogP contribution in [0.4, 0.5) is 25.0 Å². The van der Waals surface area contributed by atoms with E-state index in [4.69, 9.17) is 9.47 Å². The second-order valence-corrected chi connectivity index (χ2v) is 8.02. The lowest BCUT2D eigenvalue weighted by atomic mass is 10.1. The van der Waals surface area contributed by atoms with Crippen molar-refractivity contribution in [2.75, 3.05) is 17.0 Å². The van der Waals surface area contributed by atoms with E-state index in [0.29, 0.717) is 22.7 Å². The summed E-state index contributed by atoms with van der Waals surface area (Å²) in [6.07, 6.45) is -0.252. The molecule has 1 fully saturated rings. The minimum absolute atomic E-state index is 0.0232. The number of hydrogen-bond acceptors (Lipinski definition) is 5. The highest BCUT2D eigenvalue weighted by Gasteiger charge is 2.44. The lowest BCUT2D eigenvalue weighted by Crippen LogP contribution is -2.46. The first-order chi connectivity index (χ1) is 16.9. The number of carbonyl (C=O) groups is 3. The molecule has 1 atom stereocenters. The molecule has 1 unspecified atom stereocenters. The van der Waals surface area contributed by atoms with Gasteiger partial charge in [-0.3, -0.25) is 9.59 Å². The zero-order valence-electron chi connectivity index (χ0n) is 18.2. The number of nitrogens with one attached hydrogen (secondary N) is 1. The van der Waals surface area contributed by atoms with Crippen molar-refractivity contribution in [3.63, 3.8) is 0 Å². The Morgan fingerprint density at radius 2 is 1.60 bits per heavy atom. The van der Waals surface area contributed by atoms with Gasteiger partial charge in [0.15, 0.2) is 11.5 Å². The predicted molar refractivity (Wildman–Crippen MR) is 121 cm³/mol. The van der Waals surface area contributed by atoms with Gasteiger partial charge in [0.2, 0.25) is 12.7 Å². The minimum atomic E-state index is -1.11. The zero-order chi connectivity index (χ0) is 24.5. The van der Waals surface area contributed by atoms with Crippen LogP contribution in [0.15, 0.2) is 66.7 Å². The molecule has 0 radical (unpaired) electrons. The highest BCUT2D eigenvalue weighted by atomic mass is 19.1. The van der Waals surface area contributed by atoms with Crippen molar-refractivity contribution < 1.29 is 32.6 Å². The van der Waals surface area contributed by atoms with Crippen LogP contribution in [-0.2, 0) is 16.1 Å². The Morgan fingerprint density at radius 1 is 0.943 bits per heavy atom. The molecule has 8 nitrogen and oxygen atoms in total. The smallest absolute Gasteiger partial charge is 0.322 e. The van der Waals surface area contributed by atoms with E-state index in [2.05, 4.69) is 5.32 Å². The summed E-state index contributed by atoms with van der Waals surface area (Å²) >= 11 is 0. The number of halogens is 2. The highest BCUT2D eigenvalue weighted by molar-refractivity contribution is 6.23. The molecule has 178 valence electrons. The number of fused-ring (bicyclic) bond motifs is 1. The largest absolute Gasteiger partial charge is 0.454 e. The summed E-state index contributed by atoms with van der Waals surface area (Å²) in [6.45, 7) is 0.0560. The molecular formula is C25H19F2N3O5. The maximum absolute atomic E-state index is 13.4. The average Bonchev–Trinajstić information content (AvgIpc) is 3.43. The maximum atomic E-state index is 13.4. The number of urea groups is 1. The summed E-state index contributed by atoms with van der Waals surface area (Å²) in [5.74, 6) is -1.04. The predicted octanol–water partition coefficient (Wildman–Crippen LogP) is 4.06. The first-order valence-electron chi connectivity index (χ1n) is 10.7. The lowest BCUT2D eigenvalue weighted by Gasteiger charge is -2.28. The van der Waals surface area contributed by atoms with Gasteiger partial charge < -0.3 is 19.7 Å². The van der Waals surface area contributed by atoms with E-state index < -0.39 is 35.5 Å². The molecule has 3 aromatic carbocycles. The number of imide groups is 1. The second kappa shape index (κ2) is 9.05. The summed E-state index contributed by atoms with van der Waals surface area (Å²) in [4.78, 5) is 41.6. The zero-order valence-corrected chi connectivity index (χ0v) is 18.2. The quantitative estimate of drug-likeness (QED) is 0.558. The molecule has 5 rings (SSSR count). The fraction of sp³-hybridized carbons (Fsp3) is 0.160. The van der Waals surface area contributed by atoms with E-state index in [9.17, 15) is 23.2 Å². The second-order valence-electron chi connectivity index (χ2n) is 8.02. The number of nitrogens with zero attached hydrogens (tertiary/aromatic N) is 2. The van der Waals surface area contributed by atoms with E-state index >= 15 is 0 Å². The van der Waals surface area contributed by atoms with Crippen molar-refractivity contribution >= 4 is 29.2 Å². The summed E-state index contributed by atoms with van der Waals surface area (Å²) in [5.41, 5.74) is 1.18. The third-order valence-corrected chi connectivity index (χ3v) is 5.73. The molecule has 1 N–H and O–H groups in total. The van der Waals surface area contributed by atoms with Crippen molar-refractivity contribution in [1.29, 1.82) is 0 Å². The Bertz CT molecular complexity index is 1300.